The largest absolute Gasteiger partial charge is 0.438 e. The fraction of sp³-hybridized carbons (Fsp3) is 0.176. The van der Waals surface area contributed by atoms with Crippen molar-refractivity contribution in [2.75, 3.05) is 0 Å². The third-order valence-electron chi connectivity index (χ3n) is 4.13. The van der Waals surface area contributed by atoms with Crippen molar-refractivity contribution in [2.24, 2.45) is 5.10 Å². The Kier molecular flexibility index (Phi) is 4.63. The molecule has 0 aliphatic carbocycles. The number of non-ortho nitro benzene ring substituents is 1. The lowest BCUT2D eigenvalue weighted by Crippen LogP contribution is -2.56. The number of hydrogen-bond acceptors (Lipinski definition) is 5. The van der Waals surface area contributed by atoms with Crippen LogP contribution >= 0.6 is 0 Å². The summed E-state index contributed by atoms with van der Waals surface area (Å²) in [6.07, 6.45) is -6.30. The van der Waals surface area contributed by atoms with Gasteiger partial charge in [0.1, 0.15) is 5.82 Å². The molecule has 0 aromatic heterocycles. The van der Waals surface area contributed by atoms with Gasteiger partial charge in [-0.25, -0.2) is 4.39 Å². The van der Waals surface area contributed by atoms with Gasteiger partial charge in [-0.15, -0.1) is 0 Å². The molecule has 0 saturated carbocycles. The molecular weight excluding hydrogens is 386 g/mol. The van der Waals surface area contributed by atoms with Gasteiger partial charge in [0.2, 0.25) is 0 Å². The van der Waals surface area contributed by atoms with Crippen LogP contribution in [0.4, 0.5) is 23.2 Å². The minimum absolute atomic E-state index is 0.100. The number of amides is 1. The molecule has 0 fully saturated rings. The molecule has 1 atom stereocenters. The summed E-state index contributed by atoms with van der Waals surface area (Å²) >= 11 is 0. The normalized spacial score (nSPS) is 19.5. The molecule has 1 amide bonds. The average Bonchev–Trinajstić information content (AvgIpc) is 3.00. The van der Waals surface area contributed by atoms with Gasteiger partial charge in [-0.05, 0) is 29.8 Å². The zero-order valence-electron chi connectivity index (χ0n) is 13.9. The smallest absolute Gasteiger partial charge is 0.362 e. The maximum Gasteiger partial charge on any atom is 0.438 e. The highest BCUT2D eigenvalue weighted by Crippen LogP contribution is 2.42. The first kappa shape index (κ1) is 19.4. The van der Waals surface area contributed by atoms with Gasteiger partial charge in [-0.1, -0.05) is 12.1 Å². The van der Waals surface area contributed by atoms with E-state index in [0.717, 1.165) is 36.4 Å². The van der Waals surface area contributed by atoms with Crippen LogP contribution < -0.4 is 0 Å². The van der Waals surface area contributed by atoms with Crippen LogP contribution in [-0.2, 0) is 0 Å². The van der Waals surface area contributed by atoms with E-state index in [1.54, 1.807) is 0 Å². The van der Waals surface area contributed by atoms with Crippen LogP contribution in [0.15, 0.2) is 53.6 Å². The maximum atomic E-state index is 13.5. The Bertz CT molecular complexity index is 958. The Morgan fingerprint density at radius 2 is 1.71 bits per heavy atom. The van der Waals surface area contributed by atoms with Gasteiger partial charge in [0.05, 0.1) is 17.1 Å². The fourth-order valence-corrected chi connectivity index (χ4v) is 2.63. The first-order valence-electron chi connectivity index (χ1n) is 7.74. The van der Waals surface area contributed by atoms with Crippen molar-refractivity contribution in [3.05, 3.63) is 75.6 Å². The van der Waals surface area contributed by atoms with Crippen molar-refractivity contribution in [3.63, 3.8) is 0 Å². The number of aliphatic hydroxyl groups is 1. The summed E-state index contributed by atoms with van der Waals surface area (Å²) < 4.78 is 53.6. The Balaban J connectivity index is 2.01. The summed E-state index contributed by atoms with van der Waals surface area (Å²) in [4.78, 5) is 22.5. The highest BCUT2D eigenvalue weighted by Gasteiger charge is 2.63. The van der Waals surface area contributed by atoms with Crippen LogP contribution in [-0.4, -0.2) is 38.6 Å². The summed E-state index contributed by atoms with van der Waals surface area (Å²) in [7, 11) is 0. The quantitative estimate of drug-likeness (QED) is 0.489. The van der Waals surface area contributed by atoms with E-state index in [1.807, 2.05) is 0 Å². The molecule has 28 heavy (non-hydrogen) atoms. The lowest BCUT2D eigenvalue weighted by molar-refractivity contribution is -0.384. The van der Waals surface area contributed by atoms with Crippen LogP contribution in [0.2, 0.25) is 0 Å². The highest BCUT2D eigenvalue weighted by molar-refractivity contribution is 6.05. The molecule has 1 heterocycles. The monoisotopic (exact) mass is 397 g/mol. The molecule has 146 valence electrons. The van der Waals surface area contributed by atoms with Crippen molar-refractivity contribution in [3.8, 4) is 0 Å². The molecule has 1 unspecified atom stereocenters. The summed E-state index contributed by atoms with van der Waals surface area (Å²) in [5.41, 5.74) is -4.48. The SMILES string of the molecule is O=C(c1ccc([N+](=O)[O-])cc1)N1N=C(c2ccc(F)cc2)CC1(O)C(F)(F)F. The van der Waals surface area contributed by atoms with E-state index in [4.69, 9.17) is 0 Å². The second-order valence-electron chi connectivity index (χ2n) is 5.97. The summed E-state index contributed by atoms with van der Waals surface area (Å²) in [5.74, 6) is -1.92. The fourth-order valence-electron chi connectivity index (χ4n) is 2.63. The van der Waals surface area contributed by atoms with Crippen molar-refractivity contribution in [1.29, 1.82) is 0 Å². The predicted octanol–water partition coefficient (Wildman–Crippen LogP) is 3.24. The minimum atomic E-state index is -5.24. The van der Waals surface area contributed by atoms with E-state index in [1.165, 1.54) is 12.1 Å². The third kappa shape index (κ3) is 3.31. The van der Waals surface area contributed by atoms with E-state index in [-0.39, 0.29) is 27.5 Å². The van der Waals surface area contributed by atoms with Gasteiger partial charge < -0.3 is 5.11 Å². The van der Waals surface area contributed by atoms with Gasteiger partial charge in [0.15, 0.2) is 0 Å². The lowest BCUT2D eigenvalue weighted by atomic mass is 10.0. The molecule has 1 aliphatic heterocycles. The lowest BCUT2D eigenvalue weighted by Gasteiger charge is -2.32. The zero-order chi connectivity index (χ0) is 20.7. The van der Waals surface area contributed by atoms with Crippen molar-refractivity contribution in [1.82, 2.24) is 5.01 Å². The van der Waals surface area contributed by atoms with Crippen molar-refractivity contribution in [2.45, 2.75) is 18.3 Å². The number of nitro benzene ring substituents is 1. The van der Waals surface area contributed by atoms with Crippen molar-refractivity contribution >= 4 is 17.3 Å². The molecule has 0 saturated heterocycles. The van der Waals surface area contributed by atoms with E-state index in [0.29, 0.717) is 0 Å². The number of benzene rings is 2. The number of hydrazone groups is 1. The van der Waals surface area contributed by atoms with E-state index < -0.39 is 35.0 Å². The Morgan fingerprint density at radius 1 is 1.14 bits per heavy atom. The summed E-state index contributed by atoms with van der Waals surface area (Å²) in [6, 6.07) is 8.17. The highest BCUT2D eigenvalue weighted by atomic mass is 19.4. The maximum absolute atomic E-state index is 13.5. The number of halogens is 4. The standard InChI is InChI=1S/C17H11F4N3O4/c18-12-5-1-10(2-6-12)14-9-16(26,17(19,20)21)23(22-14)15(25)11-3-7-13(8-4-11)24(27)28/h1-8,26H,9H2. The number of carbonyl (C=O) groups is 1. The minimum Gasteiger partial charge on any atom is -0.362 e. The molecule has 7 nitrogen and oxygen atoms in total. The number of hydrogen-bond donors (Lipinski definition) is 1. The molecule has 0 bridgehead atoms. The topological polar surface area (TPSA) is 96.0 Å². The van der Waals surface area contributed by atoms with Gasteiger partial charge in [0.25, 0.3) is 17.3 Å². The molecule has 0 radical (unpaired) electrons. The molecular formula is C17H11F4N3O4. The average molecular weight is 397 g/mol. The van der Waals surface area contributed by atoms with Crippen LogP contribution in [0.25, 0.3) is 0 Å². The van der Waals surface area contributed by atoms with Crippen LogP contribution in [0, 0.1) is 15.9 Å². The molecule has 1 N–H and O–H groups in total. The van der Waals surface area contributed by atoms with Gasteiger partial charge >= 0.3 is 6.18 Å². The molecule has 2 aromatic carbocycles. The Labute approximate surface area is 154 Å². The number of alkyl halides is 3. The van der Waals surface area contributed by atoms with Crippen LogP contribution in [0.5, 0.6) is 0 Å². The van der Waals surface area contributed by atoms with Gasteiger partial charge in [0, 0.05) is 17.7 Å². The Morgan fingerprint density at radius 3 is 2.21 bits per heavy atom. The summed E-state index contributed by atoms with van der Waals surface area (Å²) in [6.45, 7) is 0. The van der Waals surface area contributed by atoms with E-state index >= 15 is 0 Å². The van der Waals surface area contributed by atoms with Crippen molar-refractivity contribution < 1.29 is 32.4 Å². The number of nitro groups is 1. The number of rotatable bonds is 3. The second-order valence-corrected chi connectivity index (χ2v) is 5.97. The van der Waals surface area contributed by atoms with E-state index in [9.17, 15) is 37.6 Å². The molecule has 3 rings (SSSR count). The van der Waals surface area contributed by atoms with Gasteiger partial charge in [-0.3, -0.25) is 14.9 Å². The first-order chi connectivity index (χ1) is 13.0. The van der Waals surface area contributed by atoms with Gasteiger partial charge in [-0.2, -0.15) is 23.3 Å². The van der Waals surface area contributed by atoms with E-state index in [2.05, 4.69) is 5.10 Å². The number of nitrogens with zero attached hydrogens (tertiary/aromatic N) is 3. The second kappa shape index (κ2) is 6.68. The molecule has 0 spiro atoms. The van der Waals surface area contributed by atoms with Crippen LogP contribution in [0.3, 0.4) is 0 Å². The third-order valence-corrected chi connectivity index (χ3v) is 4.13. The number of carbonyl (C=O) groups excluding carboxylic acids is 1. The first-order valence-corrected chi connectivity index (χ1v) is 7.74. The zero-order valence-corrected chi connectivity index (χ0v) is 13.9. The van der Waals surface area contributed by atoms with Crippen LogP contribution in [0.1, 0.15) is 22.3 Å². The Hall–Kier alpha value is -3.34. The molecule has 2 aromatic rings. The molecule has 1 aliphatic rings. The summed E-state index contributed by atoms with van der Waals surface area (Å²) in [5, 5.41) is 24.4. The predicted molar refractivity (Wildman–Crippen MR) is 87.8 cm³/mol. The molecule has 11 heteroatoms.